The second kappa shape index (κ2) is 9.18. The van der Waals surface area contributed by atoms with Crippen molar-refractivity contribution in [1.82, 2.24) is 19.9 Å². The fourth-order valence-electron chi connectivity index (χ4n) is 2.66. The highest BCUT2D eigenvalue weighted by Crippen LogP contribution is 2.20. The molecule has 0 fully saturated rings. The lowest BCUT2D eigenvalue weighted by molar-refractivity contribution is -0.115. The molecule has 0 aliphatic heterocycles. The van der Waals surface area contributed by atoms with Gasteiger partial charge in [0, 0.05) is 42.1 Å². The van der Waals surface area contributed by atoms with Crippen LogP contribution in [-0.2, 0) is 11.2 Å². The Morgan fingerprint density at radius 3 is 2.39 bits per heavy atom. The number of nitrogens with zero attached hydrogens (tertiary/aromatic N) is 4. The van der Waals surface area contributed by atoms with Crippen LogP contribution >= 0.6 is 11.3 Å². The van der Waals surface area contributed by atoms with Crippen LogP contribution in [-0.4, -0.2) is 44.8 Å². The Morgan fingerprint density at radius 1 is 1.07 bits per heavy atom. The number of thiazole rings is 1. The van der Waals surface area contributed by atoms with E-state index in [0.717, 1.165) is 0 Å². The first-order chi connectivity index (χ1) is 13.6. The maximum atomic E-state index is 12.3. The molecule has 3 rings (SSSR count). The molecule has 7 nitrogen and oxygen atoms in total. The van der Waals surface area contributed by atoms with E-state index in [1.807, 2.05) is 19.2 Å². The maximum absolute atomic E-state index is 12.3. The van der Waals surface area contributed by atoms with Crippen LogP contribution in [0.25, 0.3) is 10.8 Å². The predicted molar refractivity (Wildman–Crippen MR) is 109 cm³/mol. The zero-order valence-electron chi connectivity index (χ0n) is 15.8. The molecule has 0 spiro atoms. The van der Waals surface area contributed by atoms with E-state index in [1.165, 1.54) is 11.3 Å². The molecule has 0 radical (unpaired) electrons. The number of rotatable bonds is 7. The minimum absolute atomic E-state index is 0.0130. The van der Waals surface area contributed by atoms with Crippen LogP contribution in [0.4, 0.5) is 5.69 Å². The van der Waals surface area contributed by atoms with Crippen LogP contribution in [0.5, 0.6) is 0 Å². The van der Waals surface area contributed by atoms with Gasteiger partial charge in [0.1, 0.15) is 0 Å². The lowest BCUT2D eigenvalue weighted by Gasteiger charge is -2.18. The average molecular weight is 395 g/mol. The van der Waals surface area contributed by atoms with Crippen LogP contribution in [0.15, 0.2) is 48.1 Å². The number of aromatic nitrogens is 3. The van der Waals surface area contributed by atoms with E-state index in [4.69, 9.17) is 0 Å². The molecule has 144 valence electrons. The minimum Gasteiger partial charge on any atom is -0.339 e. The lowest BCUT2D eigenvalue weighted by Crippen LogP contribution is -2.30. The quantitative estimate of drug-likeness (QED) is 0.663. The zero-order chi connectivity index (χ0) is 19.9. The summed E-state index contributed by atoms with van der Waals surface area (Å²) in [6.07, 6.45) is 3.47. The van der Waals surface area contributed by atoms with E-state index in [9.17, 15) is 9.59 Å². The Balaban J connectivity index is 1.59. The van der Waals surface area contributed by atoms with Gasteiger partial charge in [-0.05, 0) is 44.2 Å². The third-order valence-electron chi connectivity index (χ3n) is 4.12. The molecule has 0 saturated carbocycles. The Labute approximate surface area is 167 Å². The standard InChI is InChI=1S/C20H21N5O2S/c1-3-25(4-2)20(27)14-6-8-15(9-7-14)23-17(26)12-16-13-28-19(24-16)18-21-10-5-11-22-18/h5-11,13H,3-4,12H2,1-2H3,(H,23,26). The van der Waals surface area contributed by atoms with Gasteiger partial charge in [-0.1, -0.05) is 0 Å². The predicted octanol–water partition coefficient (Wildman–Crippen LogP) is 3.26. The third kappa shape index (κ3) is 4.77. The van der Waals surface area contributed by atoms with Crippen molar-refractivity contribution in [2.45, 2.75) is 20.3 Å². The van der Waals surface area contributed by atoms with Crippen molar-refractivity contribution in [3.63, 3.8) is 0 Å². The molecule has 0 unspecified atom stereocenters. The summed E-state index contributed by atoms with van der Waals surface area (Å²) < 4.78 is 0. The fraction of sp³-hybridized carbons (Fsp3) is 0.250. The van der Waals surface area contributed by atoms with E-state index < -0.39 is 0 Å². The molecule has 2 amide bonds. The van der Waals surface area contributed by atoms with Crippen molar-refractivity contribution in [3.8, 4) is 10.8 Å². The Bertz CT molecular complexity index is 937. The second-order valence-electron chi connectivity index (χ2n) is 6.00. The molecular weight excluding hydrogens is 374 g/mol. The topological polar surface area (TPSA) is 88.1 Å². The summed E-state index contributed by atoms with van der Waals surface area (Å²) in [7, 11) is 0. The molecule has 0 atom stereocenters. The number of hydrogen-bond acceptors (Lipinski definition) is 6. The van der Waals surface area contributed by atoms with Crippen molar-refractivity contribution in [1.29, 1.82) is 0 Å². The van der Waals surface area contributed by atoms with E-state index in [1.54, 1.807) is 47.6 Å². The number of anilines is 1. The fourth-order valence-corrected chi connectivity index (χ4v) is 3.42. The van der Waals surface area contributed by atoms with Gasteiger partial charge in [-0.15, -0.1) is 11.3 Å². The molecular formula is C20H21N5O2S. The highest BCUT2D eigenvalue weighted by molar-refractivity contribution is 7.13. The molecule has 3 aromatic rings. The molecule has 1 N–H and O–H groups in total. The minimum atomic E-state index is -0.173. The summed E-state index contributed by atoms with van der Waals surface area (Å²) in [5.41, 5.74) is 1.91. The summed E-state index contributed by atoms with van der Waals surface area (Å²) in [5, 5.41) is 5.35. The van der Waals surface area contributed by atoms with Gasteiger partial charge in [0.05, 0.1) is 12.1 Å². The maximum Gasteiger partial charge on any atom is 0.253 e. The summed E-state index contributed by atoms with van der Waals surface area (Å²) in [4.78, 5) is 39.1. The monoisotopic (exact) mass is 395 g/mol. The molecule has 2 heterocycles. The van der Waals surface area contributed by atoms with Crippen molar-refractivity contribution in [2.24, 2.45) is 0 Å². The number of nitrogens with one attached hydrogen (secondary N) is 1. The van der Waals surface area contributed by atoms with E-state index in [0.29, 0.717) is 40.9 Å². The van der Waals surface area contributed by atoms with E-state index in [-0.39, 0.29) is 18.2 Å². The van der Waals surface area contributed by atoms with Crippen molar-refractivity contribution < 1.29 is 9.59 Å². The molecule has 0 aliphatic rings. The SMILES string of the molecule is CCN(CC)C(=O)c1ccc(NC(=O)Cc2csc(-c3ncccn3)n2)cc1. The number of carbonyl (C=O) groups is 2. The number of benzene rings is 1. The molecule has 8 heteroatoms. The molecule has 0 bridgehead atoms. The van der Waals surface area contributed by atoms with E-state index in [2.05, 4.69) is 20.3 Å². The van der Waals surface area contributed by atoms with Gasteiger partial charge >= 0.3 is 0 Å². The molecule has 0 aliphatic carbocycles. The van der Waals surface area contributed by atoms with Gasteiger partial charge in [-0.25, -0.2) is 15.0 Å². The van der Waals surface area contributed by atoms with Crippen LogP contribution in [0.3, 0.4) is 0 Å². The molecule has 2 aromatic heterocycles. The van der Waals surface area contributed by atoms with Crippen LogP contribution in [0.2, 0.25) is 0 Å². The van der Waals surface area contributed by atoms with Gasteiger partial charge < -0.3 is 10.2 Å². The summed E-state index contributed by atoms with van der Waals surface area (Å²) in [5.74, 6) is 0.363. The highest BCUT2D eigenvalue weighted by atomic mass is 32.1. The Hall–Kier alpha value is -3.13. The first-order valence-corrected chi connectivity index (χ1v) is 9.89. The normalized spacial score (nSPS) is 10.5. The summed E-state index contributed by atoms with van der Waals surface area (Å²) >= 11 is 1.40. The smallest absolute Gasteiger partial charge is 0.253 e. The Morgan fingerprint density at radius 2 is 1.75 bits per heavy atom. The van der Waals surface area contributed by atoms with Gasteiger partial charge in [0.15, 0.2) is 10.8 Å². The van der Waals surface area contributed by atoms with Gasteiger partial charge in [-0.2, -0.15) is 0 Å². The van der Waals surface area contributed by atoms with Crippen molar-refractivity contribution >= 4 is 28.8 Å². The number of hydrogen-bond donors (Lipinski definition) is 1. The van der Waals surface area contributed by atoms with Crippen LogP contribution in [0, 0.1) is 0 Å². The lowest BCUT2D eigenvalue weighted by atomic mass is 10.1. The summed E-state index contributed by atoms with van der Waals surface area (Å²) in [6, 6.07) is 8.66. The first-order valence-electron chi connectivity index (χ1n) is 9.01. The largest absolute Gasteiger partial charge is 0.339 e. The van der Waals surface area contributed by atoms with Crippen molar-refractivity contribution in [2.75, 3.05) is 18.4 Å². The van der Waals surface area contributed by atoms with Gasteiger partial charge in [0.25, 0.3) is 5.91 Å². The van der Waals surface area contributed by atoms with Gasteiger partial charge in [-0.3, -0.25) is 9.59 Å². The average Bonchev–Trinajstić information content (AvgIpc) is 3.18. The number of amides is 2. The van der Waals surface area contributed by atoms with Crippen LogP contribution in [0.1, 0.15) is 29.9 Å². The molecule has 28 heavy (non-hydrogen) atoms. The third-order valence-corrected chi connectivity index (χ3v) is 5.00. The van der Waals surface area contributed by atoms with Gasteiger partial charge in [0.2, 0.25) is 5.91 Å². The highest BCUT2D eigenvalue weighted by Gasteiger charge is 2.13. The van der Waals surface area contributed by atoms with Crippen LogP contribution < -0.4 is 5.32 Å². The molecule has 1 aromatic carbocycles. The Kier molecular flexibility index (Phi) is 6.44. The summed E-state index contributed by atoms with van der Waals surface area (Å²) in [6.45, 7) is 5.22. The van der Waals surface area contributed by atoms with Crippen molar-refractivity contribution in [3.05, 3.63) is 59.4 Å². The number of carbonyl (C=O) groups excluding carboxylic acids is 2. The first kappa shape index (κ1) is 19.6. The zero-order valence-corrected chi connectivity index (χ0v) is 16.6. The van der Waals surface area contributed by atoms with E-state index >= 15 is 0 Å². The molecule has 0 saturated heterocycles. The second-order valence-corrected chi connectivity index (χ2v) is 6.85.